The molecular weight excluding hydrogens is 316 g/mol. The summed E-state index contributed by atoms with van der Waals surface area (Å²) in [6.07, 6.45) is 0. The molecule has 3 heteroatoms. The standard InChI is InChI=1S/C12H8S.C9H12.H2O2/c1-3-7-11-9(5-1)10-6-2-4-8-12(10)13-11;1-8(2)9-6-4-3-5-7-9;1-2/h1-8H;3-8H,1-2H3;1-2H. The van der Waals surface area contributed by atoms with Crippen molar-refractivity contribution in [3.63, 3.8) is 0 Å². The predicted octanol–water partition coefficient (Wildman–Crippen LogP) is 6.88. The van der Waals surface area contributed by atoms with Crippen molar-refractivity contribution >= 4 is 31.5 Å². The molecule has 4 rings (SSSR count). The summed E-state index contributed by atoms with van der Waals surface area (Å²) in [5.74, 6) is 0.659. The van der Waals surface area contributed by atoms with E-state index in [0.717, 1.165) is 0 Å². The molecule has 0 saturated heterocycles. The molecule has 4 aromatic rings. The van der Waals surface area contributed by atoms with Crippen LogP contribution in [0.2, 0.25) is 0 Å². The Hall–Kier alpha value is -2.20. The highest BCUT2D eigenvalue weighted by Crippen LogP contribution is 2.32. The lowest BCUT2D eigenvalue weighted by molar-refractivity contribution is -0.176. The summed E-state index contributed by atoms with van der Waals surface area (Å²) in [7, 11) is 0. The van der Waals surface area contributed by atoms with Gasteiger partial charge in [-0.05, 0) is 23.6 Å². The summed E-state index contributed by atoms with van der Waals surface area (Å²) in [6.45, 7) is 4.41. The summed E-state index contributed by atoms with van der Waals surface area (Å²) in [4.78, 5) is 0. The van der Waals surface area contributed by atoms with Gasteiger partial charge >= 0.3 is 0 Å². The van der Waals surface area contributed by atoms with E-state index in [0.29, 0.717) is 5.92 Å². The fraction of sp³-hybridized carbons (Fsp3) is 0.143. The number of rotatable bonds is 1. The fourth-order valence-corrected chi connectivity index (χ4v) is 3.62. The Morgan fingerprint density at radius 3 is 1.46 bits per heavy atom. The Kier molecular flexibility index (Phi) is 6.94. The van der Waals surface area contributed by atoms with E-state index in [-0.39, 0.29) is 0 Å². The quantitative estimate of drug-likeness (QED) is 0.293. The van der Waals surface area contributed by atoms with Crippen LogP contribution in [-0.2, 0) is 0 Å². The zero-order valence-corrected chi connectivity index (χ0v) is 14.7. The largest absolute Gasteiger partial charge is 0.255 e. The summed E-state index contributed by atoms with van der Waals surface area (Å²) >= 11 is 1.86. The molecule has 2 N–H and O–H groups in total. The molecular formula is C21H22O2S. The second-order valence-electron chi connectivity index (χ2n) is 5.66. The molecule has 0 fully saturated rings. The van der Waals surface area contributed by atoms with E-state index in [2.05, 4.69) is 86.6 Å². The van der Waals surface area contributed by atoms with Crippen LogP contribution in [0.5, 0.6) is 0 Å². The van der Waals surface area contributed by atoms with E-state index in [4.69, 9.17) is 10.5 Å². The molecule has 24 heavy (non-hydrogen) atoms. The molecule has 3 aromatic carbocycles. The van der Waals surface area contributed by atoms with Crippen LogP contribution in [0.25, 0.3) is 20.2 Å². The highest BCUT2D eigenvalue weighted by atomic mass is 32.1. The maximum atomic E-state index is 6.00. The van der Waals surface area contributed by atoms with Gasteiger partial charge in [-0.3, -0.25) is 10.5 Å². The SMILES string of the molecule is CC(C)c1ccccc1.OO.c1ccc2c(c1)sc1ccccc12. The highest BCUT2D eigenvalue weighted by molar-refractivity contribution is 7.25. The maximum absolute atomic E-state index is 6.00. The van der Waals surface area contributed by atoms with Gasteiger partial charge in [0, 0.05) is 20.2 Å². The number of fused-ring (bicyclic) bond motifs is 3. The highest BCUT2D eigenvalue weighted by Gasteiger charge is 2.01. The van der Waals surface area contributed by atoms with Gasteiger partial charge in [0.05, 0.1) is 0 Å². The lowest BCUT2D eigenvalue weighted by Crippen LogP contribution is -1.83. The lowest BCUT2D eigenvalue weighted by Gasteiger charge is -2.01. The van der Waals surface area contributed by atoms with Crippen LogP contribution in [0, 0.1) is 0 Å². The van der Waals surface area contributed by atoms with Gasteiger partial charge in [-0.2, -0.15) is 0 Å². The van der Waals surface area contributed by atoms with Crippen LogP contribution < -0.4 is 0 Å². The second kappa shape index (κ2) is 9.18. The summed E-state index contributed by atoms with van der Waals surface area (Å²) < 4.78 is 2.76. The Morgan fingerprint density at radius 1 is 0.625 bits per heavy atom. The molecule has 1 heterocycles. The lowest BCUT2D eigenvalue weighted by atomic mass is 10.0. The fourth-order valence-electron chi connectivity index (χ4n) is 2.51. The van der Waals surface area contributed by atoms with E-state index in [9.17, 15) is 0 Å². The molecule has 2 nitrogen and oxygen atoms in total. The third kappa shape index (κ3) is 4.42. The molecule has 0 radical (unpaired) electrons. The van der Waals surface area contributed by atoms with Crippen LogP contribution in [0.1, 0.15) is 25.3 Å². The first kappa shape index (κ1) is 18.1. The van der Waals surface area contributed by atoms with Gasteiger partial charge in [-0.25, -0.2) is 0 Å². The number of hydrogen-bond donors (Lipinski definition) is 2. The molecule has 0 amide bonds. The third-order valence-electron chi connectivity index (χ3n) is 3.75. The minimum atomic E-state index is 0.659. The predicted molar refractivity (Wildman–Crippen MR) is 105 cm³/mol. The van der Waals surface area contributed by atoms with Crippen molar-refractivity contribution in [2.45, 2.75) is 19.8 Å². The van der Waals surface area contributed by atoms with Crippen molar-refractivity contribution in [1.29, 1.82) is 0 Å². The minimum absolute atomic E-state index is 0.659. The molecule has 124 valence electrons. The van der Waals surface area contributed by atoms with Crippen LogP contribution in [0.3, 0.4) is 0 Å². The van der Waals surface area contributed by atoms with Crippen molar-refractivity contribution in [2.75, 3.05) is 0 Å². The average molecular weight is 338 g/mol. The Balaban J connectivity index is 0.000000167. The van der Waals surface area contributed by atoms with Gasteiger partial charge in [0.25, 0.3) is 0 Å². The van der Waals surface area contributed by atoms with Crippen molar-refractivity contribution in [1.82, 2.24) is 0 Å². The molecule has 1 aromatic heterocycles. The average Bonchev–Trinajstić information content (AvgIpc) is 3.03. The van der Waals surface area contributed by atoms with Gasteiger partial charge in [-0.1, -0.05) is 80.6 Å². The zero-order valence-electron chi connectivity index (χ0n) is 13.9. The molecule has 0 atom stereocenters. The second-order valence-corrected chi connectivity index (χ2v) is 6.74. The first-order valence-electron chi connectivity index (χ1n) is 7.87. The van der Waals surface area contributed by atoms with Crippen molar-refractivity contribution < 1.29 is 10.5 Å². The minimum Gasteiger partial charge on any atom is -0.255 e. The Morgan fingerprint density at radius 2 is 1.04 bits per heavy atom. The third-order valence-corrected chi connectivity index (χ3v) is 4.90. The van der Waals surface area contributed by atoms with E-state index in [1.54, 1.807) is 0 Å². The molecule has 0 aliphatic heterocycles. The van der Waals surface area contributed by atoms with Crippen LogP contribution in [-0.4, -0.2) is 10.5 Å². The van der Waals surface area contributed by atoms with Crippen LogP contribution in [0.15, 0.2) is 78.9 Å². The van der Waals surface area contributed by atoms with Crippen molar-refractivity contribution in [3.8, 4) is 0 Å². The molecule has 0 aliphatic rings. The number of hydrogen-bond acceptors (Lipinski definition) is 3. The normalized spacial score (nSPS) is 10.0. The van der Waals surface area contributed by atoms with Gasteiger partial charge < -0.3 is 0 Å². The number of thiophene rings is 1. The van der Waals surface area contributed by atoms with E-state index >= 15 is 0 Å². The monoisotopic (exact) mass is 338 g/mol. The van der Waals surface area contributed by atoms with Gasteiger partial charge in [0.1, 0.15) is 0 Å². The Bertz CT molecular complexity index is 816. The molecule has 0 aliphatic carbocycles. The first-order valence-corrected chi connectivity index (χ1v) is 8.68. The smallest absolute Gasteiger partial charge is 0.0355 e. The molecule has 0 unspecified atom stereocenters. The van der Waals surface area contributed by atoms with E-state index in [1.807, 2.05) is 17.4 Å². The van der Waals surface area contributed by atoms with Gasteiger partial charge in [0.2, 0.25) is 0 Å². The maximum Gasteiger partial charge on any atom is 0.0355 e. The topological polar surface area (TPSA) is 40.5 Å². The zero-order chi connectivity index (χ0) is 17.4. The van der Waals surface area contributed by atoms with Crippen LogP contribution in [0.4, 0.5) is 0 Å². The van der Waals surface area contributed by atoms with E-state index < -0.39 is 0 Å². The molecule has 0 saturated carbocycles. The first-order chi connectivity index (χ1) is 11.8. The number of benzene rings is 3. The van der Waals surface area contributed by atoms with Crippen LogP contribution >= 0.6 is 11.3 Å². The van der Waals surface area contributed by atoms with Gasteiger partial charge in [-0.15, -0.1) is 11.3 Å². The Labute approximate surface area is 146 Å². The summed E-state index contributed by atoms with van der Waals surface area (Å²) in [6, 6.07) is 27.6. The molecule has 0 bridgehead atoms. The molecule has 0 spiro atoms. The van der Waals surface area contributed by atoms with Crippen molar-refractivity contribution in [3.05, 3.63) is 84.4 Å². The van der Waals surface area contributed by atoms with Gasteiger partial charge in [0.15, 0.2) is 0 Å². The van der Waals surface area contributed by atoms with E-state index in [1.165, 1.54) is 25.7 Å². The summed E-state index contributed by atoms with van der Waals surface area (Å²) in [5, 5.41) is 14.8. The van der Waals surface area contributed by atoms with Crippen molar-refractivity contribution in [2.24, 2.45) is 0 Å². The summed E-state index contributed by atoms with van der Waals surface area (Å²) in [5.41, 5.74) is 1.41.